The Morgan fingerprint density at radius 3 is 1.74 bits per heavy atom. The van der Waals surface area contributed by atoms with Crippen LogP contribution in [0.25, 0.3) is 0 Å². The van der Waals surface area contributed by atoms with Gasteiger partial charge in [-0.05, 0) is 17.0 Å². The molecule has 0 radical (unpaired) electrons. The molecule has 1 atom stereocenters. The lowest BCUT2D eigenvalue weighted by Crippen LogP contribution is -2.37. The lowest BCUT2D eigenvalue weighted by molar-refractivity contribution is -0.147. The summed E-state index contributed by atoms with van der Waals surface area (Å²) in [4.78, 5) is 0. The van der Waals surface area contributed by atoms with E-state index in [4.69, 9.17) is 11.2 Å². The minimum Gasteiger partial charge on any atom is -0.355 e. The molecular formula is C17H16O2. The maximum absolute atomic E-state index is 10.5. The van der Waals surface area contributed by atoms with Crippen LogP contribution in [-0.2, 0) is 4.74 Å². The van der Waals surface area contributed by atoms with Crippen LogP contribution in [0.2, 0.25) is 0 Å². The third-order valence-electron chi connectivity index (χ3n) is 3.18. The first kappa shape index (κ1) is 13.4. The van der Waals surface area contributed by atoms with Gasteiger partial charge in [0.15, 0.2) is 0 Å². The molecule has 0 fully saturated rings. The molecule has 0 aliphatic rings. The summed E-state index contributed by atoms with van der Waals surface area (Å²) >= 11 is 0. The molecule has 0 heterocycles. The van der Waals surface area contributed by atoms with E-state index in [9.17, 15) is 5.11 Å². The molecule has 0 saturated carbocycles. The fourth-order valence-corrected chi connectivity index (χ4v) is 2.20. The van der Waals surface area contributed by atoms with Gasteiger partial charge in [-0.3, -0.25) is 0 Å². The number of benzene rings is 2. The molecule has 2 heteroatoms. The van der Waals surface area contributed by atoms with Crippen LogP contribution in [0, 0.1) is 12.3 Å². The van der Waals surface area contributed by atoms with Crippen LogP contribution in [0.5, 0.6) is 0 Å². The maximum Gasteiger partial charge on any atom is 0.241 e. The van der Waals surface area contributed by atoms with E-state index >= 15 is 0 Å². The average molecular weight is 252 g/mol. The molecule has 0 bridgehead atoms. The molecule has 0 saturated heterocycles. The molecule has 2 nitrogen and oxygen atoms in total. The predicted octanol–water partition coefficient (Wildman–Crippen LogP) is 2.79. The molecule has 1 unspecified atom stereocenters. The van der Waals surface area contributed by atoms with E-state index in [0.717, 1.165) is 11.1 Å². The highest BCUT2D eigenvalue weighted by Gasteiger charge is 2.37. The molecule has 19 heavy (non-hydrogen) atoms. The molecule has 0 aromatic heterocycles. The third-order valence-corrected chi connectivity index (χ3v) is 3.18. The molecule has 2 rings (SSSR count). The van der Waals surface area contributed by atoms with Crippen molar-refractivity contribution >= 4 is 0 Å². The van der Waals surface area contributed by atoms with Crippen molar-refractivity contribution in [2.75, 3.05) is 7.11 Å². The van der Waals surface area contributed by atoms with Crippen molar-refractivity contribution in [3.05, 3.63) is 71.8 Å². The number of hydrogen-bond acceptors (Lipinski definition) is 2. The van der Waals surface area contributed by atoms with Crippen LogP contribution >= 0.6 is 0 Å². The normalized spacial score (nSPS) is 13.8. The zero-order chi connectivity index (χ0) is 13.7. The SMILES string of the molecule is C#CC(O)(OC)C(c1ccccc1)c1ccccc1. The summed E-state index contributed by atoms with van der Waals surface area (Å²) < 4.78 is 5.18. The predicted molar refractivity (Wildman–Crippen MR) is 75.5 cm³/mol. The number of ether oxygens (including phenoxy) is 1. The standard InChI is InChI=1S/C17H16O2/c1-3-17(18,19-2)16(14-10-6-4-7-11-14)15-12-8-5-9-13-15/h1,4-13,16,18H,2H3. The summed E-state index contributed by atoms with van der Waals surface area (Å²) in [5, 5.41) is 10.5. The second kappa shape index (κ2) is 5.71. The van der Waals surface area contributed by atoms with E-state index in [1.165, 1.54) is 7.11 Å². The number of terminal acetylenes is 1. The largest absolute Gasteiger partial charge is 0.355 e. The minimum atomic E-state index is -1.66. The number of methoxy groups -OCH3 is 1. The molecule has 0 aliphatic carbocycles. The van der Waals surface area contributed by atoms with Gasteiger partial charge >= 0.3 is 0 Å². The first-order valence-electron chi connectivity index (χ1n) is 6.06. The Hall–Kier alpha value is -2.08. The Bertz CT molecular complexity index is 517. The zero-order valence-corrected chi connectivity index (χ0v) is 10.8. The Kier molecular flexibility index (Phi) is 4.01. The summed E-state index contributed by atoms with van der Waals surface area (Å²) in [6.07, 6.45) is 5.47. The first-order chi connectivity index (χ1) is 9.21. The quantitative estimate of drug-likeness (QED) is 0.669. The number of rotatable bonds is 4. The highest BCUT2D eigenvalue weighted by Crippen LogP contribution is 2.35. The molecule has 1 N–H and O–H groups in total. The number of hydrogen-bond donors (Lipinski definition) is 1. The lowest BCUT2D eigenvalue weighted by atomic mass is 9.84. The molecule has 0 spiro atoms. The summed E-state index contributed by atoms with van der Waals surface area (Å²) in [5.41, 5.74) is 1.83. The molecule has 2 aromatic carbocycles. The van der Waals surface area contributed by atoms with Crippen molar-refractivity contribution < 1.29 is 9.84 Å². The van der Waals surface area contributed by atoms with Crippen molar-refractivity contribution in [1.82, 2.24) is 0 Å². The average Bonchev–Trinajstić information content (AvgIpc) is 2.49. The molecule has 0 aliphatic heterocycles. The van der Waals surface area contributed by atoms with Gasteiger partial charge in [-0.1, -0.05) is 60.7 Å². The van der Waals surface area contributed by atoms with Crippen LogP contribution in [0.15, 0.2) is 60.7 Å². The summed E-state index contributed by atoms with van der Waals surface area (Å²) in [6.45, 7) is 0. The number of aliphatic hydroxyl groups is 1. The van der Waals surface area contributed by atoms with E-state index < -0.39 is 11.7 Å². The van der Waals surface area contributed by atoms with Crippen LogP contribution in [0.4, 0.5) is 0 Å². The first-order valence-corrected chi connectivity index (χ1v) is 6.06. The fraction of sp³-hybridized carbons (Fsp3) is 0.176. The molecule has 0 amide bonds. The van der Waals surface area contributed by atoms with Gasteiger partial charge in [0, 0.05) is 7.11 Å². The van der Waals surface area contributed by atoms with Gasteiger partial charge < -0.3 is 9.84 Å². The zero-order valence-electron chi connectivity index (χ0n) is 10.8. The second-order valence-electron chi connectivity index (χ2n) is 4.30. The van der Waals surface area contributed by atoms with Gasteiger partial charge in [0.1, 0.15) is 0 Å². The maximum atomic E-state index is 10.5. The van der Waals surface area contributed by atoms with Gasteiger partial charge in [-0.15, -0.1) is 6.42 Å². The van der Waals surface area contributed by atoms with E-state index in [1.807, 2.05) is 60.7 Å². The summed E-state index contributed by atoms with van der Waals surface area (Å²) in [5.74, 6) is 0.269. The minimum absolute atomic E-state index is 0.426. The van der Waals surface area contributed by atoms with Crippen LogP contribution in [0.3, 0.4) is 0 Å². The van der Waals surface area contributed by atoms with Crippen molar-refractivity contribution in [3.8, 4) is 12.3 Å². The lowest BCUT2D eigenvalue weighted by Gasteiger charge is -2.31. The van der Waals surface area contributed by atoms with Crippen LogP contribution in [0.1, 0.15) is 17.0 Å². The van der Waals surface area contributed by atoms with Gasteiger partial charge in [-0.2, -0.15) is 0 Å². The van der Waals surface area contributed by atoms with Crippen LogP contribution < -0.4 is 0 Å². The topological polar surface area (TPSA) is 29.5 Å². The highest BCUT2D eigenvalue weighted by molar-refractivity contribution is 5.37. The van der Waals surface area contributed by atoms with Crippen molar-refractivity contribution in [2.24, 2.45) is 0 Å². The fourth-order valence-electron chi connectivity index (χ4n) is 2.20. The molecule has 2 aromatic rings. The summed E-state index contributed by atoms with van der Waals surface area (Å²) in [6, 6.07) is 19.2. The smallest absolute Gasteiger partial charge is 0.241 e. The van der Waals surface area contributed by atoms with E-state index in [-0.39, 0.29) is 0 Å². The second-order valence-corrected chi connectivity index (χ2v) is 4.30. The van der Waals surface area contributed by atoms with Crippen molar-refractivity contribution in [3.63, 3.8) is 0 Å². The van der Waals surface area contributed by atoms with E-state index in [0.29, 0.717) is 0 Å². The monoisotopic (exact) mass is 252 g/mol. The Morgan fingerprint density at radius 1 is 1.00 bits per heavy atom. The van der Waals surface area contributed by atoms with Crippen molar-refractivity contribution in [2.45, 2.75) is 11.7 Å². The van der Waals surface area contributed by atoms with Gasteiger partial charge in [-0.25, -0.2) is 0 Å². The van der Waals surface area contributed by atoms with Gasteiger partial charge in [0.25, 0.3) is 0 Å². The molecule has 96 valence electrons. The summed E-state index contributed by atoms with van der Waals surface area (Å²) in [7, 11) is 1.42. The van der Waals surface area contributed by atoms with Gasteiger partial charge in [0.05, 0.1) is 5.92 Å². The van der Waals surface area contributed by atoms with E-state index in [2.05, 4.69) is 5.92 Å². The molecular weight excluding hydrogens is 236 g/mol. The van der Waals surface area contributed by atoms with Gasteiger partial charge in [0.2, 0.25) is 5.79 Å². The third kappa shape index (κ3) is 2.68. The Labute approximate surface area is 113 Å². The van der Waals surface area contributed by atoms with E-state index in [1.54, 1.807) is 0 Å². The van der Waals surface area contributed by atoms with Crippen molar-refractivity contribution in [1.29, 1.82) is 0 Å². The Morgan fingerprint density at radius 2 is 1.42 bits per heavy atom. The highest BCUT2D eigenvalue weighted by atomic mass is 16.6. The van der Waals surface area contributed by atoms with Crippen LogP contribution in [-0.4, -0.2) is 18.0 Å². The Balaban J connectivity index is 2.56.